The third kappa shape index (κ3) is 2.90. The van der Waals surface area contributed by atoms with Crippen LogP contribution in [0.4, 0.5) is 5.69 Å². The van der Waals surface area contributed by atoms with E-state index in [-0.39, 0.29) is 5.91 Å². The van der Waals surface area contributed by atoms with Gasteiger partial charge in [-0.15, -0.1) is 10.2 Å². The molecular formula is C13H17N5O. The molecule has 0 atom stereocenters. The first kappa shape index (κ1) is 13.1. The molecule has 1 amide bonds. The molecular weight excluding hydrogens is 242 g/mol. The third-order valence-electron chi connectivity index (χ3n) is 2.98. The summed E-state index contributed by atoms with van der Waals surface area (Å²) >= 11 is 0. The summed E-state index contributed by atoms with van der Waals surface area (Å²) in [5.41, 5.74) is 7.89. The van der Waals surface area contributed by atoms with Crippen molar-refractivity contribution in [3.63, 3.8) is 0 Å². The van der Waals surface area contributed by atoms with Gasteiger partial charge in [-0.2, -0.15) is 0 Å². The molecule has 0 bridgehead atoms. The summed E-state index contributed by atoms with van der Waals surface area (Å²) in [7, 11) is 0. The zero-order valence-corrected chi connectivity index (χ0v) is 11.1. The van der Waals surface area contributed by atoms with Crippen LogP contribution in [0.3, 0.4) is 0 Å². The number of hydrogen-bond acceptors (Lipinski definition) is 4. The van der Waals surface area contributed by atoms with Crippen LogP contribution in [-0.4, -0.2) is 20.7 Å². The SMILES string of the molecule is CCn1cnnc1CNC(=O)c1ccc(N)c(C)c1. The van der Waals surface area contributed by atoms with E-state index >= 15 is 0 Å². The number of amides is 1. The molecule has 0 fully saturated rings. The van der Waals surface area contributed by atoms with Crippen molar-refractivity contribution in [2.45, 2.75) is 26.9 Å². The average Bonchev–Trinajstić information content (AvgIpc) is 2.86. The topological polar surface area (TPSA) is 85.8 Å². The quantitative estimate of drug-likeness (QED) is 0.806. The highest BCUT2D eigenvalue weighted by atomic mass is 16.1. The minimum Gasteiger partial charge on any atom is -0.399 e. The number of carbonyl (C=O) groups is 1. The van der Waals surface area contributed by atoms with Crippen molar-refractivity contribution in [2.24, 2.45) is 0 Å². The second-order valence-corrected chi connectivity index (χ2v) is 4.29. The molecule has 0 aliphatic carbocycles. The molecule has 6 heteroatoms. The fourth-order valence-corrected chi connectivity index (χ4v) is 1.76. The Kier molecular flexibility index (Phi) is 3.79. The summed E-state index contributed by atoms with van der Waals surface area (Å²) in [6.45, 7) is 5.01. The van der Waals surface area contributed by atoms with Gasteiger partial charge < -0.3 is 15.6 Å². The lowest BCUT2D eigenvalue weighted by Gasteiger charge is -2.07. The lowest BCUT2D eigenvalue weighted by atomic mass is 10.1. The van der Waals surface area contributed by atoms with Gasteiger partial charge in [-0.1, -0.05) is 0 Å². The summed E-state index contributed by atoms with van der Waals surface area (Å²) in [5.74, 6) is 0.594. The zero-order chi connectivity index (χ0) is 13.8. The molecule has 1 aromatic heterocycles. The number of nitrogens with zero attached hydrogens (tertiary/aromatic N) is 3. The Hall–Kier alpha value is -2.37. The number of nitrogens with two attached hydrogens (primary N) is 1. The van der Waals surface area contributed by atoms with Crippen molar-refractivity contribution in [2.75, 3.05) is 5.73 Å². The van der Waals surface area contributed by atoms with Crippen LogP contribution < -0.4 is 11.1 Å². The Bertz CT molecular complexity index is 590. The monoisotopic (exact) mass is 259 g/mol. The summed E-state index contributed by atoms with van der Waals surface area (Å²) < 4.78 is 1.88. The summed E-state index contributed by atoms with van der Waals surface area (Å²) in [5, 5.41) is 10.6. The zero-order valence-electron chi connectivity index (χ0n) is 11.1. The van der Waals surface area contributed by atoms with Gasteiger partial charge in [0.25, 0.3) is 5.91 Å². The second kappa shape index (κ2) is 5.51. The molecule has 0 aliphatic rings. The number of rotatable bonds is 4. The molecule has 0 unspecified atom stereocenters. The van der Waals surface area contributed by atoms with Crippen LogP contribution in [0.5, 0.6) is 0 Å². The van der Waals surface area contributed by atoms with E-state index in [1.165, 1.54) is 0 Å². The average molecular weight is 259 g/mol. The highest BCUT2D eigenvalue weighted by Crippen LogP contribution is 2.12. The highest BCUT2D eigenvalue weighted by Gasteiger charge is 2.09. The van der Waals surface area contributed by atoms with Crippen molar-refractivity contribution in [3.05, 3.63) is 41.5 Å². The lowest BCUT2D eigenvalue weighted by molar-refractivity contribution is 0.0949. The van der Waals surface area contributed by atoms with E-state index in [0.29, 0.717) is 17.8 Å². The molecule has 6 nitrogen and oxygen atoms in total. The molecule has 0 spiro atoms. The molecule has 0 aliphatic heterocycles. The normalized spacial score (nSPS) is 10.4. The summed E-state index contributed by atoms with van der Waals surface area (Å²) in [6, 6.07) is 5.22. The van der Waals surface area contributed by atoms with Crippen LogP contribution in [0.2, 0.25) is 0 Å². The van der Waals surface area contributed by atoms with Crippen molar-refractivity contribution in [3.8, 4) is 0 Å². The van der Waals surface area contributed by atoms with Crippen molar-refractivity contribution < 1.29 is 4.79 Å². The molecule has 19 heavy (non-hydrogen) atoms. The van der Waals surface area contributed by atoms with E-state index < -0.39 is 0 Å². The molecule has 0 saturated carbocycles. The number of aromatic nitrogens is 3. The van der Waals surface area contributed by atoms with Gasteiger partial charge in [0.05, 0.1) is 6.54 Å². The van der Waals surface area contributed by atoms with Crippen LogP contribution in [0, 0.1) is 6.92 Å². The van der Waals surface area contributed by atoms with E-state index in [2.05, 4.69) is 15.5 Å². The fraction of sp³-hybridized carbons (Fsp3) is 0.308. The molecule has 1 heterocycles. The van der Waals surface area contributed by atoms with E-state index in [1.54, 1.807) is 24.5 Å². The van der Waals surface area contributed by atoms with Gasteiger partial charge in [-0.25, -0.2) is 0 Å². The fourth-order valence-electron chi connectivity index (χ4n) is 1.76. The Morgan fingerprint density at radius 3 is 2.95 bits per heavy atom. The van der Waals surface area contributed by atoms with E-state index in [0.717, 1.165) is 17.9 Å². The van der Waals surface area contributed by atoms with Crippen LogP contribution in [-0.2, 0) is 13.1 Å². The highest BCUT2D eigenvalue weighted by molar-refractivity contribution is 5.94. The Morgan fingerprint density at radius 2 is 2.26 bits per heavy atom. The summed E-state index contributed by atoms with van der Waals surface area (Å²) in [4.78, 5) is 12.0. The van der Waals surface area contributed by atoms with Crippen molar-refractivity contribution in [1.82, 2.24) is 20.1 Å². The van der Waals surface area contributed by atoms with E-state index in [1.807, 2.05) is 18.4 Å². The van der Waals surface area contributed by atoms with E-state index in [9.17, 15) is 4.79 Å². The van der Waals surface area contributed by atoms with Crippen LogP contribution >= 0.6 is 0 Å². The van der Waals surface area contributed by atoms with Gasteiger partial charge in [-0.3, -0.25) is 4.79 Å². The van der Waals surface area contributed by atoms with Gasteiger partial charge >= 0.3 is 0 Å². The largest absolute Gasteiger partial charge is 0.399 e. The Labute approximate surface area is 111 Å². The smallest absolute Gasteiger partial charge is 0.251 e. The van der Waals surface area contributed by atoms with Gasteiger partial charge in [0.2, 0.25) is 0 Å². The Balaban J connectivity index is 2.03. The Morgan fingerprint density at radius 1 is 1.47 bits per heavy atom. The predicted molar refractivity (Wildman–Crippen MR) is 72.5 cm³/mol. The number of carbonyl (C=O) groups excluding carboxylic acids is 1. The number of anilines is 1. The van der Waals surface area contributed by atoms with Crippen molar-refractivity contribution in [1.29, 1.82) is 0 Å². The maximum Gasteiger partial charge on any atom is 0.251 e. The van der Waals surface area contributed by atoms with Gasteiger partial charge in [0.15, 0.2) is 5.82 Å². The number of nitrogen functional groups attached to an aromatic ring is 1. The second-order valence-electron chi connectivity index (χ2n) is 4.29. The third-order valence-corrected chi connectivity index (χ3v) is 2.98. The van der Waals surface area contributed by atoms with Crippen molar-refractivity contribution >= 4 is 11.6 Å². The maximum absolute atomic E-state index is 12.0. The number of hydrogen-bond donors (Lipinski definition) is 2. The van der Waals surface area contributed by atoms with Gasteiger partial charge in [0.1, 0.15) is 6.33 Å². The van der Waals surface area contributed by atoms with E-state index in [4.69, 9.17) is 5.73 Å². The molecule has 0 radical (unpaired) electrons. The van der Waals surface area contributed by atoms with Crippen LogP contribution in [0.1, 0.15) is 28.7 Å². The number of aryl methyl sites for hydroxylation is 2. The van der Waals surface area contributed by atoms with Crippen LogP contribution in [0.15, 0.2) is 24.5 Å². The first-order valence-electron chi connectivity index (χ1n) is 6.12. The minimum atomic E-state index is -0.145. The molecule has 2 aromatic rings. The van der Waals surface area contributed by atoms with Gasteiger partial charge in [-0.05, 0) is 37.6 Å². The molecule has 2 rings (SSSR count). The number of benzene rings is 1. The van der Waals surface area contributed by atoms with Crippen LogP contribution in [0.25, 0.3) is 0 Å². The standard InChI is InChI=1S/C13H17N5O/c1-3-18-8-16-17-12(18)7-15-13(19)10-4-5-11(14)9(2)6-10/h4-6,8H,3,7,14H2,1-2H3,(H,15,19). The first-order valence-corrected chi connectivity index (χ1v) is 6.12. The minimum absolute atomic E-state index is 0.145. The molecule has 0 saturated heterocycles. The molecule has 100 valence electrons. The van der Waals surface area contributed by atoms with Gasteiger partial charge in [0, 0.05) is 17.8 Å². The first-order chi connectivity index (χ1) is 9.11. The maximum atomic E-state index is 12.0. The predicted octanol–water partition coefficient (Wildman–Crippen LogP) is 1.12. The lowest BCUT2D eigenvalue weighted by Crippen LogP contribution is -2.24. The number of nitrogens with one attached hydrogen (secondary N) is 1. The molecule has 3 N–H and O–H groups in total. The summed E-state index contributed by atoms with van der Waals surface area (Å²) in [6.07, 6.45) is 1.65. The molecule has 1 aromatic carbocycles.